The molecule has 0 aliphatic carbocycles. The van der Waals surface area contributed by atoms with Gasteiger partial charge in [-0.3, -0.25) is 0 Å². The number of nitrogens with zero attached hydrogens (tertiary/aromatic N) is 2. The molecule has 0 saturated heterocycles. The summed E-state index contributed by atoms with van der Waals surface area (Å²) in [7, 11) is 0. The van der Waals surface area contributed by atoms with Gasteiger partial charge in [0.15, 0.2) is 0 Å². The zero-order valence-electron chi connectivity index (χ0n) is 59.7. The first kappa shape index (κ1) is 72.1. The number of benzene rings is 8. The van der Waals surface area contributed by atoms with Crippen molar-refractivity contribution in [2.24, 2.45) is 10.8 Å². The zero-order valence-corrected chi connectivity index (χ0v) is 62.1. The normalized spacial score (nSPS) is 13.0. The molecule has 0 spiro atoms. The van der Waals surface area contributed by atoms with Gasteiger partial charge in [-0.05, 0) is 198 Å². The molecule has 480 valence electrons. The van der Waals surface area contributed by atoms with Crippen molar-refractivity contribution in [1.29, 1.82) is 0 Å². The maximum atomic E-state index is 16.1. The van der Waals surface area contributed by atoms with Gasteiger partial charge in [-0.1, -0.05) is 195 Å². The maximum absolute atomic E-state index is 16.1. The molecule has 0 bridgehead atoms. The van der Waals surface area contributed by atoms with E-state index in [1.165, 1.54) is 55.9 Å². The van der Waals surface area contributed by atoms with Crippen LogP contribution in [0.25, 0.3) is 77.2 Å². The van der Waals surface area contributed by atoms with Gasteiger partial charge in [-0.15, -0.1) is 0 Å². The van der Waals surface area contributed by atoms with Crippen LogP contribution >= 0.6 is 0 Å². The Hall–Kier alpha value is -6.30. The average molecular weight is 1300 g/mol. The molecule has 0 fully saturated rings. The van der Waals surface area contributed by atoms with Crippen LogP contribution in [0, 0.1) is 37.3 Å². The molecular formula is C84H104F2N2O2Zr. The predicted octanol–water partition coefficient (Wildman–Crippen LogP) is 24.5. The van der Waals surface area contributed by atoms with E-state index in [1.54, 1.807) is 24.3 Å². The molecule has 2 aromatic heterocycles. The molecule has 91 heavy (non-hydrogen) atoms. The van der Waals surface area contributed by atoms with E-state index in [9.17, 15) is 0 Å². The number of hydrogen-bond donors (Lipinski definition) is 0. The molecule has 4 nitrogen and oxygen atoms in total. The molecule has 7 heteroatoms. The van der Waals surface area contributed by atoms with Crippen molar-refractivity contribution in [3.05, 3.63) is 205 Å². The second kappa shape index (κ2) is 25.5. The standard InChI is InChI=1S/C82H98F2N2O2.2CH3.Zr/c1-75(2,3)49-81(19,20)57-38-52(40-60(41-57)85-69-31-26-53(77(7,8)9)42-64(69)65-43-54(78(10,11)12)27-32-70(65)85)62-46-59(84)30-35-73(62)87-36-37-88-74-63(51-24-23-25-58(83)39-51)47-61(48-68(74)82(21,22)50-76(4,5)6)86-71-33-28-55(79(13,14)15)44-66(71)67-45-56(80(16,17)18)29-34-72(67)86;;;/h23-35,38-48H,36-37,49-50H2,1-22H3;2*1H3;/q;2*-1;+2. The van der Waals surface area contributed by atoms with Crippen molar-refractivity contribution in [2.75, 3.05) is 13.2 Å². The van der Waals surface area contributed by atoms with E-state index in [0.717, 1.165) is 74.1 Å². The molecule has 0 aliphatic heterocycles. The Morgan fingerprint density at radius 1 is 0.352 bits per heavy atom. The first-order chi connectivity index (χ1) is 40.7. The summed E-state index contributed by atoms with van der Waals surface area (Å²) in [6, 6.07) is 50.8. The smallest absolute Gasteiger partial charge is 0.489 e. The summed E-state index contributed by atoms with van der Waals surface area (Å²) < 4.78 is 50.7. The van der Waals surface area contributed by atoms with Crippen LogP contribution in [0.15, 0.2) is 146 Å². The maximum Gasteiger partial charge on any atom is 2.00 e. The SMILES string of the molecule is CC(C)(C)CC(C)(C)c1cc(-c2cc(F)ccc2OCCOc2c(-c3cccc(F)c3)cc(-n3c4ccc(C(C)(C)C)cc4c4cc(C(C)(C)C)ccc43)cc2C(C)(C)CC(C)(C)C)cc(-n2c3ccc(C(C)(C)C)cc3c3cc(C(C)(C)C)ccc32)c1.[CH3-].[CH3-].[Zr+2]. The Morgan fingerprint density at radius 3 is 1.18 bits per heavy atom. The number of hydrogen-bond acceptors (Lipinski definition) is 2. The van der Waals surface area contributed by atoms with Gasteiger partial charge in [-0.2, -0.15) is 0 Å². The molecule has 0 atom stereocenters. The van der Waals surface area contributed by atoms with Crippen LogP contribution in [0.4, 0.5) is 8.78 Å². The van der Waals surface area contributed by atoms with Gasteiger partial charge in [0.25, 0.3) is 0 Å². The number of halogens is 2. The van der Waals surface area contributed by atoms with Crippen LogP contribution in [-0.2, 0) is 58.7 Å². The molecule has 0 unspecified atom stereocenters. The molecule has 8 aromatic carbocycles. The van der Waals surface area contributed by atoms with Crippen LogP contribution in [-0.4, -0.2) is 22.3 Å². The van der Waals surface area contributed by atoms with E-state index in [0.29, 0.717) is 17.1 Å². The molecule has 10 aromatic rings. The third-order valence-corrected chi connectivity index (χ3v) is 17.9. The minimum absolute atomic E-state index is 0. The third-order valence-electron chi connectivity index (χ3n) is 17.9. The summed E-state index contributed by atoms with van der Waals surface area (Å²) in [5.41, 5.74) is 15.8. The van der Waals surface area contributed by atoms with Crippen molar-refractivity contribution in [3.8, 4) is 45.1 Å². The quantitative estimate of drug-likeness (QED) is 0.0850. The summed E-state index contributed by atoms with van der Waals surface area (Å²) in [5.74, 6) is 0.567. The van der Waals surface area contributed by atoms with Crippen LogP contribution in [0.5, 0.6) is 11.5 Å². The van der Waals surface area contributed by atoms with Crippen molar-refractivity contribution in [1.82, 2.24) is 9.13 Å². The molecule has 2 heterocycles. The van der Waals surface area contributed by atoms with E-state index in [2.05, 4.69) is 265 Å². The number of ether oxygens (including phenoxy) is 2. The van der Waals surface area contributed by atoms with Crippen LogP contribution in [0.2, 0.25) is 0 Å². The Balaban J connectivity index is 0.00000392. The molecule has 0 N–H and O–H groups in total. The second-order valence-corrected chi connectivity index (χ2v) is 33.3. The van der Waals surface area contributed by atoms with Gasteiger partial charge in [0.2, 0.25) is 0 Å². The van der Waals surface area contributed by atoms with E-state index in [1.807, 2.05) is 6.07 Å². The average Bonchev–Trinajstić information content (AvgIpc) is 1.71. The Bertz CT molecular complexity index is 4160. The minimum atomic E-state index is -0.419. The fourth-order valence-corrected chi connectivity index (χ4v) is 14.0. The number of rotatable bonds is 13. The largest absolute Gasteiger partial charge is 2.00 e. The summed E-state index contributed by atoms with van der Waals surface area (Å²) in [6.45, 7) is 50.6. The molecule has 0 saturated carbocycles. The van der Waals surface area contributed by atoms with Crippen molar-refractivity contribution in [2.45, 2.75) is 198 Å². The monoisotopic (exact) mass is 1300 g/mol. The van der Waals surface area contributed by atoms with Crippen molar-refractivity contribution < 1.29 is 44.5 Å². The topological polar surface area (TPSA) is 28.3 Å². The van der Waals surface area contributed by atoms with Gasteiger partial charge >= 0.3 is 26.2 Å². The van der Waals surface area contributed by atoms with E-state index in [-0.39, 0.29) is 104 Å². The number of fused-ring (bicyclic) bond motifs is 6. The van der Waals surface area contributed by atoms with Crippen LogP contribution in [0.3, 0.4) is 0 Å². The van der Waals surface area contributed by atoms with Gasteiger partial charge < -0.3 is 33.5 Å². The van der Waals surface area contributed by atoms with Crippen LogP contribution in [0.1, 0.15) is 199 Å². The van der Waals surface area contributed by atoms with E-state index in [4.69, 9.17) is 9.47 Å². The third kappa shape index (κ3) is 15.2. The van der Waals surface area contributed by atoms with Crippen LogP contribution < -0.4 is 9.47 Å². The van der Waals surface area contributed by atoms with Crippen molar-refractivity contribution in [3.63, 3.8) is 0 Å². The fourth-order valence-electron chi connectivity index (χ4n) is 14.0. The van der Waals surface area contributed by atoms with E-state index >= 15 is 8.78 Å². The predicted molar refractivity (Wildman–Crippen MR) is 385 cm³/mol. The van der Waals surface area contributed by atoms with Gasteiger partial charge in [0.05, 0.1) is 22.1 Å². The minimum Gasteiger partial charge on any atom is -0.489 e. The fraction of sp³-hybridized carbons (Fsp3) is 0.405. The number of aromatic nitrogens is 2. The first-order valence-electron chi connectivity index (χ1n) is 32.0. The molecule has 0 amide bonds. The molecule has 0 radical (unpaired) electrons. The summed E-state index contributed by atoms with van der Waals surface area (Å²) in [4.78, 5) is 0. The Morgan fingerprint density at radius 2 is 0.758 bits per heavy atom. The Kier molecular flexibility index (Phi) is 20.2. The molecular weight excluding hydrogens is 1200 g/mol. The molecule has 10 rings (SSSR count). The Labute approximate surface area is 565 Å². The summed E-state index contributed by atoms with van der Waals surface area (Å²) in [6.07, 6.45) is 1.76. The van der Waals surface area contributed by atoms with Crippen molar-refractivity contribution >= 4 is 43.6 Å². The first-order valence-corrected chi connectivity index (χ1v) is 32.0. The summed E-state index contributed by atoms with van der Waals surface area (Å²) in [5, 5.41) is 4.81. The zero-order chi connectivity index (χ0) is 64.2. The summed E-state index contributed by atoms with van der Waals surface area (Å²) >= 11 is 0. The van der Waals surface area contributed by atoms with Gasteiger partial charge in [0.1, 0.15) is 36.3 Å². The van der Waals surface area contributed by atoms with Gasteiger partial charge in [0, 0.05) is 49.6 Å². The second-order valence-electron chi connectivity index (χ2n) is 33.3. The van der Waals surface area contributed by atoms with Gasteiger partial charge in [-0.25, -0.2) is 8.78 Å². The molecule has 0 aliphatic rings. The van der Waals surface area contributed by atoms with E-state index < -0.39 is 5.41 Å².